The van der Waals surface area contributed by atoms with Gasteiger partial charge in [-0.25, -0.2) is 0 Å². The van der Waals surface area contributed by atoms with Gasteiger partial charge in [0.1, 0.15) is 5.82 Å². The molecule has 1 saturated heterocycles. The molecule has 0 unspecified atom stereocenters. The summed E-state index contributed by atoms with van der Waals surface area (Å²) in [7, 11) is 2.06. The van der Waals surface area contributed by atoms with Crippen LogP contribution in [0.15, 0.2) is 0 Å². The fourth-order valence-corrected chi connectivity index (χ4v) is 2.04. The fourth-order valence-electron chi connectivity index (χ4n) is 2.04. The summed E-state index contributed by atoms with van der Waals surface area (Å²) in [5.41, 5.74) is 0. The van der Waals surface area contributed by atoms with Crippen molar-refractivity contribution >= 4 is 5.95 Å². The van der Waals surface area contributed by atoms with Crippen molar-refractivity contribution in [1.82, 2.24) is 20.1 Å². The molecule has 1 aromatic heterocycles. The Morgan fingerprint density at radius 2 is 1.94 bits per heavy atom. The topological polar surface area (TPSA) is 46.0 Å². The van der Waals surface area contributed by atoms with Gasteiger partial charge in [-0.1, -0.05) is 13.8 Å². The van der Waals surface area contributed by atoms with E-state index in [-0.39, 0.29) is 0 Å². The van der Waals surface area contributed by atoms with Gasteiger partial charge in [-0.05, 0) is 5.92 Å². The number of piperazine rings is 1. The van der Waals surface area contributed by atoms with Crippen molar-refractivity contribution in [1.29, 1.82) is 0 Å². The lowest BCUT2D eigenvalue weighted by Crippen LogP contribution is -2.44. The second-order valence-corrected chi connectivity index (χ2v) is 4.81. The molecule has 0 bridgehead atoms. The van der Waals surface area contributed by atoms with E-state index >= 15 is 0 Å². The van der Waals surface area contributed by atoms with E-state index < -0.39 is 0 Å². The smallest absolute Gasteiger partial charge is 0.227 e. The molecule has 0 spiro atoms. The second kappa shape index (κ2) is 4.82. The van der Waals surface area contributed by atoms with Crippen LogP contribution in [0.4, 0.5) is 5.95 Å². The molecule has 90 valence electrons. The molecular formula is C11H21N5. The molecule has 1 aromatic rings. The average Bonchev–Trinajstić information content (AvgIpc) is 2.61. The SMILES string of the molecule is CC(C)Cc1nnc(N2CCNCC2)n1C. The Morgan fingerprint density at radius 1 is 1.25 bits per heavy atom. The lowest BCUT2D eigenvalue weighted by molar-refractivity contribution is 0.566. The molecule has 5 heteroatoms. The molecular weight excluding hydrogens is 202 g/mol. The van der Waals surface area contributed by atoms with E-state index in [2.05, 4.69) is 45.9 Å². The molecule has 1 fully saturated rings. The van der Waals surface area contributed by atoms with Gasteiger partial charge < -0.3 is 14.8 Å². The zero-order valence-corrected chi connectivity index (χ0v) is 10.4. The maximum atomic E-state index is 4.30. The molecule has 0 radical (unpaired) electrons. The van der Waals surface area contributed by atoms with Crippen LogP contribution in [0.3, 0.4) is 0 Å². The minimum Gasteiger partial charge on any atom is -0.338 e. The van der Waals surface area contributed by atoms with Crippen molar-refractivity contribution < 1.29 is 0 Å². The predicted octanol–water partition coefficient (Wildman–Crippen LogP) is 0.423. The van der Waals surface area contributed by atoms with Crippen LogP contribution in [0.2, 0.25) is 0 Å². The van der Waals surface area contributed by atoms with Gasteiger partial charge in [-0.15, -0.1) is 10.2 Å². The maximum absolute atomic E-state index is 4.30. The summed E-state index contributed by atoms with van der Waals surface area (Å²) in [6.07, 6.45) is 0.996. The standard InChI is InChI=1S/C11H21N5/c1-9(2)8-10-13-14-11(15(10)3)16-6-4-12-5-7-16/h9,12H,4-8H2,1-3H3. The Balaban J connectivity index is 2.12. The van der Waals surface area contributed by atoms with Crippen LogP contribution in [0.25, 0.3) is 0 Å². The molecule has 2 heterocycles. The van der Waals surface area contributed by atoms with E-state index in [1.807, 2.05) is 0 Å². The van der Waals surface area contributed by atoms with Crippen molar-refractivity contribution in [3.63, 3.8) is 0 Å². The molecule has 2 rings (SSSR count). The van der Waals surface area contributed by atoms with E-state index in [0.717, 1.165) is 44.4 Å². The van der Waals surface area contributed by atoms with E-state index in [1.165, 1.54) is 0 Å². The molecule has 0 amide bonds. The van der Waals surface area contributed by atoms with Gasteiger partial charge in [0.25, 0.3) is 0 Å². The molecule has 5 nitrogen and oxygen atoms in total. The molecule has 1 aliphatic rings. The maximum Gasteiger partial charge on any atom is 0.227 e. The quantitative estimate of drug-likeness (QED) is 0.807. The number of rotatable bonds is 3. The van der Waals surface area contributed by atoms with Crippen LogP contribution in [-0.2, 0) is 13.5 Å². The van der Waals surface area contributed by atoms with Crippen molar-refractivity contribution in [3.05, 3.63) is 5.82 Å². The minimum atomic E-state index is 0.624. The van der Waals surface area contributed by atoms with Gasteiger partial charge in [0.05, 0.1) is 0 Å². The van der Waals surface area contributed by atoms with E-state index in [9.17, 15) is 0 Å². The number of anilines is 1. The highest BCUT2D eigenvalue weighted by molar-refractivity contribution is 5.31. The normalized spacial score (nSPS) is 17.1. The predicted molar refractivity (Wildman–Crippen MR) is 64.6 cm³/mol. The molecule has 0 aromatic carbocycles. The highest BCUT2D eigenvalue weighted by atomic mass is 15.4. The monoisotopic (exact) mass is 223 g/mol. The highest BCUT2D eigenvalue weighted by Crippen LogP contribution is 2.14. The summed E-state index contributed by atoms with van der Waals surface area (Å²) in [5.74, 6) is 2.72. The van der Waals surface area contributed by atoms with Crippen molar-refractivity contribution in [2.45, 2.75) is 20.3 Å². The molecule has 16 heavy (non-hydrogen) atoms. The van der Waals surface area contributed by atoms with Gasteiger partial charge in [-0.2, -0.15) is 0 Å². The Kier molecular flexibility index (Phi) is 3.43. The summed E-state index contributed by atoms with van der Waals surface area (Å²) < 4.78 is 2.13. The van der Waals surface area contributed by atoms with Crippen LogP contribution in [0.5, 0.6) is 0 Å². The largest absolute Gasteiger partial charge is 0.338 e. The molecule has 1 N–H and O–H groups in total. The first-order chi connectivity index (χ1) is 7.68. The third-order valence-electron chi connectivity index (χ3n) is 2.93. The van der Waals surface area contributed by atoms with Crippen LogP contribution in [-0.4, -0.2) is 40.9 Å². The van der Waals surface area contributed by atoms with Crippen LogP contribution < -0.4 is 10.2 Å². The second-order valence-electron chi connectivity index (χ2n) is 4.81. The first kappa shape index (κ1) is 11.4. The lowest BCUT2D eigenvalue weighted by Gasteiger charge is -2.27. The Hall–Kier alpha value is -1.10. The highest BCUT2D eigenvalue weighted by Gasteiger charge is 2.17. The van der Waals surface area contributed by atoms with E-state index in [4.69, 9.17) is 0 Å². The average molecular weight is 223 g/mol. The summed E-state index contributed by atoms with van der Waals surface area (Å²) in [5, 5.41) is 11.9. The third kappa shape index (κ3) is 2.35. The first-order valence-corrected chi connectivity index (χ1v) is 6.02. The number of hydrogen-bond acceptors (Lipinski definition) is 4. The summed E-state index contributed by atoms with van der Waals surface area (Å²) >= 11 is 0. The van der Waals surface area contributed by atoms with E-state index in [1.54, 1.807) is 0 Å². The molecule has 1 aliphatic heterocycles. The van der Waals surface area contributed by atoms with Crippen LogP contribution in [0, 0.1) is 5.92 Å². The van der Waals surface area contributed by atoms with Gasteiger partial charge in [0.15, 0.2) is 0 Å². The first-order valence-electron chi connectivity index (χ1n) is 6.02. The number of nitrogens with zero attached hydrogens (tertiary/aromatic N) is 4. The number of nitrogens with one attached hydrogen (secondary N) is 1. The Morgan fingerprint density at radius 3 is 2.56 bits per heavy atom. The molecule has 0 atom stereocenters. The molecule has 0 aliphatic carbocycles. The van der Waals surface area contributed by atoms with Crippen molar-refractivity contribution in [2.24, 2.45) is 13.0 Å². The summed E-state index contributed by atoms with van der Waals surface area (Å²) in [6.45, 7) is 8.53. The summed E-state index contributed by atoms with van der Waals surface area (Å²) in [4.78, 5) is 2.30. The Bertz CT molecular complexity index is 338. The summed E-state index contributed by atoms with van der Waals surface area (Å²) in [6, 6.07) is 0. The minimum absolute atomic E-state index is 0.624. The fraction of sp³-hybridized carbons (Fsp3) is 0.818. The van der Waals surface area contributed by atoms with Crippen LogP contribution in [0.1, 0.15) is 19.7 Å². The van der Waals surface area contributed by atoms with E-state index in [0.29, 0.717) is 5.92 Å². The number of aromatic nitrogens is 3. The van der Waals surface area contributed by atoms with Gasteiger partial charge in [-0.3, -0.25) is 0 Å². The van der Waals surface area contributed by atoms with Crippen LogP contribution >= 0.6 is 0 Å². The van der Waals surface area contributed by atoms with Gasteiger partial charge >= 0.3 is 0 Å². The number of hydrogen-bond donors (Lipinski definition) is 1. The van der Waals surface area contributed by atoms with Crippen molar-refractivity contribution in [2.75, 3.05) is 31.1 Å². The zero-order valence-electron chi connectivity index (χ0n) is 10.4. The zero-order chi connectivity index (χ0) is 11.5. The Labute approximate surface area is 96.8 Å². The molecule has 0 saturated carbocycles. The van der Waals surface area contributed by atoms with Gasteiger partial charge in [0.2, 0.25) is 5.95 Å². The third-order valence-corrected chi connectivity index (χ3v) is 2.93. The van der Waals surface area contributed by atoms with Crippen molar-refractivity contribution in [3.8, 4) is 0 Å². The van der Waals surface area contributed by atoms with Gasteiger partial charge in [0, 0.05) is 39.6 Å². The lowest BCUT2D eigenvalue weighted by atomic mass is 10.1.